The summed E-state index contributed by atoms with van der Waals surface area (Å²) < 4.78 is 11.6. The maximum atomic E-state index is 5.93. The van der Waals surface area contributed by atoms with Crippen LogP contribution in [0.1, 0.15) is 184 Å². The second-order valence-electron chi connectivity index (χ2n) is 10.7. The topological polar surface area (TPSA) is 18.5 Å². The molecule has 0 aromatic carbocycles. The number of rotatable bonds is 17. The van der Waals surface area contributed by atoms with E-state index in [0.717, 1.165) is 19.8 Å². The van der Waals surface area contributed by atoms with Crippen LogP contribution >= 0.6 is 0 Å². The van der Waals surface area contributed by atoms with Gasteiger partial charge < -0.3 is 9.47 Å². The Kier molecular flexibility index (Phi) is 44.7. The summed E-state index contributed by atoms with van der Waals surface area (Å²) in [5.74, 6) is 0. The average Bonchev–Trinajstić information content (AvgIpc) is 3.72. The molecule has 37 heavy (non-hydrogen) atoms. The first-order chi connectivity index (χ1) is 18.1. The van der Waals surface area contributed by atoms with Gasteiger partial charge in [0.2, 0.25) is 0 Å². The second kappa shape index (κ2) is 40.2. The largest absolute Gasteiger partial charge is 0.381 e. The fraction of sp³-hybridized carbons (Fsp3) is 0.914. The Labute approximate surface area is 237 Å². The van der Waals surface area contributed by atoms with E-state index in [0.29, 0.717) is 6.10 Å². The van der Waals surface area contributed by atoms with Gasteiger partial charge in [0.25, 0.3) is 0 Å². The van der Waals surface area contributed by atoms with Gasteiger partial charge in [-0.25, -0.2) is 0 Å². The van der Waals surface area contributed by atoms with Crippen molar-refractivity contribution in [2.75, 3.05) is 19.8 Å². The molecule has 0 amide bonds. The monoisotopic (exact) mass is 526 g/mol. The third kappa shape index (κ3) is 45.9. The van der Waals surface area contributed by atoms with Crippen molar-refractivity contribution in [3.05, 3.63) is 18.1 Å². The summed E-state index contributed by atoms with van der Waals surface area (Å²) in [6.07, 6.45) is 31.3. The first-order valence-electron chi connectivity index (χ1n) is 16.8. The van der Waals surface area contributed by atoms with E-state index in [1.165, 1.54) is 128 Å². The van der Waals surface area contributed by atoms with Gasteiger partial charge in [-0.2, -0.15) is 0 Å². The molecule has 0 N–H and O–H groups in total. The van der Waals surface area contributed by atoms with Crippen LogP contribution in [0.2, 0.25) is 0 Å². The molecule has 0 aliphatic heterocycles. The third-order valence-corrected chi connectivity index (χ3v) is 5.70. The van der Waals surface area contributed by atoms with Crippen molar-refractivity contribution in [3.8, 4) is 0 Å². The highest BCUT2D eigenvalue weighted by Crippen LogP contribution is 2.23. The molecule has 2 aliphatic carbocycles. The Morgan fingerprint density at radius 3 is 1.46 bits per heavy atom. The van der Waals surface area contributed by atoms with Gasteiger partial charge in [-0.05, 0) is 51.4 Å². The van der Waals surface area contributed by atoms with Crippen LogP contribution in [0.4, 0.5) is 0 Å². The Bertz CT molecular complexity index is 376. The van der Waals surface area contributed by atoms with Crippen LogP contribution < -0.4 is 0 Å². The van der Waals surface area contributed by atoms with Crippen LogP contribution in [0.5, 0.6) is 0 Å². The highest BCUT2D eigenvalue weighted by Gasteiger charge is 2.12. The Balaban J connectivity index is -0.000000595. The number of unbranched alkanes of at least 4 members (excludes halogenated alkanes) is 8. The number of hydrogen-bond acceptors (Lipinski definition) is 2. The second-order valence-corrected chi connectivity index (χ2v) is 10.7. The van der Waals surface area contributed by atoms with Crippen molar-refractivity contribution < 1.29 is 9.47 Å². The summed E-state index contributed by atoms with van der Waals surface area (Å²) >= 11 is 0. The highest BCUT2D eigenvalue weighted by atomic mass is 16.5. The number of ether oxygens (including phenoxy) is 2. The maximum absolute atomic E-state index is 5.93. The lowest BCUT2D eigenvalue weighted by atomic mass is 9.98. The van der Waals surface area contributed by atoms with Crippen LogP contribution in [0.15, 0.2) is 11.6 Å². The molecule has 0 aromatic rings. The molecule has 0 spiro atoms. The first-order valence-corrected chi connectivity index (χ1v) is 16.8. The lowest BCUT2D eigenvalue weighted by molar-refractivity contribution is 0.0253. The Morgan fingerprint density at radius 2 is 1.00 bits per heavy atom. The number of allylic oxidation sites excluding steroid dienone is 2. The van der Waals surface area contributed by atoms with Gasteiger partial charge in [-0.15, -0.1) is 0 Å². The van der Waals surface area contributed by atoms with Gasteiger partial charge in [0.1, 0.15) is 0 Å². The molecule has 1 fully saturated rings. The van der Waals surface area contributed by atoms with Crippen molar-refractivity contribution in [2.45, 2.75) is 190 Å². The van der Waals surface area contributed by atoms with Crippen molar-refractivity contribution >= 4 is 0 Å². The van der Waals surface area contributed by atoms with E-state index in [-0.39, 0.29) is 0 Å². The molecule has 0 aromatic heterocycles. The fourth-order valence-electron chi connectivity index (χ4n) is 3.68. The molecule has 2 rings (SSSR count). The van der Waals surface area contributed by atoms with Crippen molar-refractivity contribution in [3.63, 3.8) is 0 Å². The first kappa shape index (κ1) is 41.1. The quantitative estimate of drug-likeness (QED) is 0.176. The predicted molar refractivity (Wildman–Crippen MR) is 171 cm³/mol. The van der Waals surface area contributed by atoms with E-state index < -0.39 is 0 Å². The molecule has 2 heteroatoms. The normalized spacial score (nSPS) is 13.9. The van der Waals surface area contributed by atoms with Gasteiger partial charge >= 0.3 is 0 Å². The minimum Gasteiger partial charge on any atom is -0.381 e. The zero-order chi connectivity index (χ0) is 28.2. The summed E-state index contributed by atoms with van der Waals surface area (Å²) in [5.41, 5.74) is 1.55. The van der Waals surface area contributed by atoms with Gasteiger partial charge in [0.15, 0.2) is 0 Å². The van der Waals surface area contributed by atoms with Gasteiger partial charge in [-0.1, -0.05) is 144 Å². The summed E-state index contributed by atoms with van der Waals surface area (Å²) in [6, 6.07) is 0. The van der Waals surface area contributed by atoms with Crippen molar-refractivity contribution in [1.29, 1.82) is 0 Å². The molecule has 0 saturated heterocycles. The fourth-order valence-corrected chi connectivity index (χ4v) is 3.68. The van der Waals surface area contributed by atoms with Crippen LogP contribution in [-0.4, -0.2) is 25.9 Å². The van der Waals surface area contributed by atoms with Crippen LogP contribution in [-0.2, 0) is 9.47 Å². The third-order valence-electron chi connectivity index (χ3n) is 5.70. The molecule has 0 unspecified atom stereocenters. The molecule has 1 radical (unpaired) electrons. The smallest absolute Gasteiger partial charge is 0.0575 e. The van der Waals surface area contributed by atoms with Crippen LogP contribution in [0.25, 0.3) is 0 Å². The maximum Gasteiger partial charge on any atom is 0.0575 e. The summed E-state index contributed by atoms with van der Waals surface area (Å²) in [6.45, 7) is 20.1. The Morgan fingerprint density at radius 1 is 0.568 bits per heavy atom. The van der Waals surface area contributed by atoms with Crippen molar-refractivity contribution in [2.24, 2.45) is 0 Å². The standard InChI is InChI=1S/C19H33O2.C7H16.3C3H8/c1-5-11-19(12-6-1)21-17-9-3-8-16-20-15-7-2-4-10-18-13-14-18;1-3-5-7-6-4-2;3*1-3-2/h13-14,19H,1-12,15-17H2;3-7H2,1-2H3;3*3H2,1-2H3. The van der Waals surface area contributed by atoms with E-state index in [4.69, 9.17) is 9.47 Å². The van der Waals surface area contributed by atoms with Gasteiger partial charge in [-0.3, -0.25) is 0 Å². The molecule has 225 valence electrons. The molecule has 2 aliphatic rings. The van der Waals surface area contributed by atoms with Crippen molar-refractivity contribution in [1.82, 2.24) is 0 Å². The minimum absolute atomic E-state index is 0.569. The van der Waals surface area contributed by atoms with E-state index in [9.17, 15) is 0 Å². The molecular formula is C35H73O2. The minimum atomic E-state index is 0.569. The molecule has 0 bridgehead atoms. The SMILES string of the molecule is CCC.CCC.CCC.CCCCCCC.[CH]1C=C1CCCCCOCCCCCOC1CCCCC1. The summed E-state index contributed by atoms with van der Waals surface area (Å²) in [7, 11) is 0. The summed E-state index contributed by atoms with van der Waals surface area (Å²) in [4.78, 5) is 0. The lowest BCUT2D eigenvalue weighted by Crippen LogP contribution is -2.17. The molecule has 0 heterocycles. The summed E-state index contributed by atoms with van der Waals surface area (Å²) in [5, 5.41) is 0. The van der Waals surface area contributed by atoms with Gasteiger partial charge in [0.05, 0.1) is 6.10 Å². The van der Waals surface area contributed by atoms with E-state index in [1.807, 2.05) is 0 Å². The zero-order valence-corrected chi connectivity index (χ0v) is 27.3. The molecule has 2 nitrogen and oxygen atoms in total. The number of hydrogen-bond donors (Lipinski definition) is 0. The zero-order valence-electron chi connectivity index (χ0n) is 27.3. The molecule has 1 saturated carbocycles. The molecule has 0 atom stereocenters. The highest BCUT2D eigenvalue weighted by molar-refractivity contribution is 5.38. The van der Waals surface area contributed by atoms with Crippen LogP contribution in [0.3, 0.4) is 0 Å². The lowest BCUT2D eigenvalue weighted by Gasteiger charge is -2.21. The Hall–Kier alpha value is -0.340. The average molecular weight is 526 g/mol. The molecular weight excluding hydrogens is 452 g/mol. The van der Waals surface area contributed by atoms with E-state index in [1.54, 1.807) is 5.57 Å². The predicted octanol–water partition coefficient (Wildman–Crippen LogP) is 12.5. The van der Waals surface area contributed by atoms with Gasteiger partial charge in [0, 0.05) is 26.2 Å². The van der Waals surface area contributed by atoms with Crippen LogP contribution in [0, 0.1) is 6.42 Å². The van der Waals surface area contributed by atoms with E-state index in [2.05, 4.69) is 67.9 Å². The van der Waals surface area contributed by atoms with E-state index >= 15 is 0 Å².